The number of nitrogens with zero attached hydrogens (tertiary/aromatic N) is 7. The molecule has 1 saturated heterocycles. The SMILES string of the molecule is COC(=O)[C@@H](Nc1nc(CN2CCN(C(=O)c3nn(-c4ccccc4)nc3C)CC2)nc2ccccc12)C(C)C. The van der Waals surface area contributed by atoms with Gasteiger partial charge in [0.2, 0.25) is 0 Å². The quantitative estimate of drug-likeness (QED) is 0.335. The molecule has 40 heavy (non-hydrogen) atoms. The van der Waals surface area contributed by atoms with Crippen LogP contribution in [0.2, 0.25) is 0 Å². The van der Waals surface area contributed by atoms with Gasteiger partial charge in [0, 0.05) is 31.6 Å². The van der Waals surface area contributed by atoms with Gasteiger partial charge in [-0.1, -0.05) is 44.2 Å². The highest BCUT2D eigenvalue weighted by atomic mass is 16.5. The molecule has 1 N–H and O–H groups in total. The molecule has 1 aliphatic heterocycles. The number of esters is 1. The molecule has 1 aliphatic rings. The molecule has 3 heterocycles. The molecule has 2 aromatic heterocycles. The second-order valence-corrected chi connectivity index (χ2v) is 10.2. The zero-order valence-electron chi connectivity index (χ0n) is 23.2. The predicted molar refractivity (Wildman–Crippen MR) is 151 cm³/mol. The molecule has 0 radical (unpaired) electrons. The maximum Gasteiger partial charge on any atom is 0.328 e. The Morgan fingerprint density at radius 3 is 2.35 bits per heavy atom. The lowest BCUT2D eigenvalue weighted by molar-refractivity contribution is -0.142. The van der Waals surface area contributed by atoms with Gasteiger partial charge in [0.25, 0.3) is 5.91 Å². The summed E-state index contributed by atoms with van der Waals surface area (Å²) in [6.45, 7) is 8.73. The van der Waals surface area contributed by atoms with Crippen molar-refractivity contribution in [2.24, 2.45) is 5.92 Å². The Balaban J connectivity index is 1.27. The predicted octanol–water partition coefficient (Wildman–Crippen LogP) is 3.09. The number of benzene rings is 2. The van der Waals surface area contributed by atoms with E-state index in [1.54, 1.807) is 0 Å². The highest BCUT2D eigenvalue weighted by Gasteiger charge is 2.28. The third-order valence-corrected chi connectivity index (χ3v) is 7.06. The molecule has 0 unspecified atom stereocenters. The summed E-state index contributed by atoms with van der Waals surface area (Å²) in [4.78, 5) is 40.8. The molecule has 11 nitrogen and oxygen atoms in total. The van der Waals surface area contributed by atoms with E-state index >= 15 is 0 Å². The molecule has 1 amide bonds. The van der Waals surface area contributed by atoms with Crippen LogP contribution in [0, 0.1) is 12.8 Å². The second-order valence-electron chi connectivity index (χ2n) is 10.2. The Hall–Kier alpha value is -4.38. The van der Waals surface area contributed by atoms with Crippen LogP contribution in [0.5, 0.6) is 0 Å². The zero-order chi connectivity index (χ0) is 28.2. The van der Waals surface area contributed by atoms with Crippen LogP contribution in [0.4, 0.5) is 5.82 Å². The first-order valence-electron chi connectivity index (χ1n) is 13.4. The number of anilines is 1. The van der Waals surface area contributed by atoms with Gasteiger partial charge >= 0.3 is 5.97 Å². The van der Waals surface area contributed by atoms with Crippen molar-refractivity contribution in [3.63, 3.8) is 0 Å². The van der Waals surface area contributed by atoms with Gasteiger partial charge in [0.1, 0.15) is 17.7 Å². The number of aryl methyl sites for hydroxylation is 1. The van der Waals surface area contributed by atoms with E-state index in [9.17, 15) is 9.59 Å². The van der Waals surface area contributed by atoms with E-state index in [-0.39, 0.29) is 17.8 Å². The smallest absolute Gasteiger partial charge is 0.328 e. The molecule has 5 rings (SSSR count). The third kappa shape index (κ3) is 5.79. The van der Waals surface area contributed by atoms with Crippen LogP contribution in [-0.2, 0) is 16.1 Å². The van der Waals surface area contributed by atoms with E-state index in [4.69, 9.17) is 14.7 Å². The number of rotatable bonds is 8. The molecule has 4 aromatic rings. The molecule has 0 bridgehead atoms. The number of fused-ring (bicyclic) bond motifs is 1. The van der Waals surface area contributed by atoms with E-state index in [1.165, 1.54) is 11.9 Å². The number of amides is 1. The Bertz CT molecular complexity index is 1500. The summed E-state index contributed by atoms with van der Waals surface area (Å²) in [6.07, 6.45) is 0. The van der Waals surface area contributed by atoms with Gasteiger partial charge in [0.05, 0.1) is 30.6 Å². The van der Waals surface area contributed by atoms with Crippen molar-refractivity contribution < 1.29 is 14.3 Å². The Morgan fingerprint density at radius 1 is 0.950 bits per heavy atom. The van der Waals surface area contributed by atoms with E-state index in [1.807, 2.05) is 80.3 Å². The summed E-state index contributed by atoms with van der Waals surface area (Å²) in [5.74, 6) is 0.813. The minimum Gasteiger partial charge on any atom is -0.467 e. The number of carbonyl (C=O) groups is 2. The fourth-order valence-corrected chi connectivity index (χ4v) is 4.79. The van der Waals surface area contributed by atoms with Gasteiger partial charge in [-0.05, 0) is 37.1 Å². The average molecular weight is 543 g/mol. The number of carbonyl (C=O) groups excluding carboxylic acids is 2. The second kappa shape index (κ2) is 11.8. The molecule has 11 heteroatoms. The number of nitrogens with one attached hydrogen (secondary N) is 1. The molecular weight excluding hydrogens is 508 g/mol. The van der Waals surface area contributed by atoms with Crippen molar-refractivity contribution in [3.05, 3.63) is 71.8 Å². The Morgan fingerprint density at radius 2 is 1.65 bits per heavy atom. The lowest BCUT2D eigenvalue weighted by Gasteiger charge is -2.34. The molecule has 0 aliphatic carbocycles. The molecule has 2 aromatic carbocycles. The van der Waals surface area contributed by atoms with E-state index in [0.29, 0.717) is 55.8 Å². The van der Waals surface area contributed by atoms with Gasteiger partial charge in [-0.25, -0.2) is 14.8 Å². The number of hydrogen-bond acceptors (Lipinski definition) is 9. The van der Waals surface area contributed by atoms with Crippen LogP contribution in [0.3, 0.4) is 0 Å². The van der Waals surface area contributed by atoms with Crippen LogP contribution in [0.1, 0.15) is 35.9 Å². The first-order valence-corrected chi connectivity index (χ1v) is 13.4. The highest BCUT2D eigenvalue weighted by molar-refractivity contribution is 5.93. The van der Waals surface area contributed by atoms with E-state index < -0.39 is 6.04 Å². The fraction of sp³-hybridized carbons (Fsp3) is 0.379. The highest BCUT2D eigenvalue weighted by Crippen LogP contribution is 2.23. The number of aromatic nitrogens is 5. The minimum atomic E-state index is -0.533. The zero-order valence-corrected chi connectivity index (χ0v) is 23.2. The van der Waals surface area contributed by atoms with Gasteiger partial charge in [-0.2, -0.15) is 9.90 Å². The van der Waals surface area contributed by atoms with Crippen molar-refractivity contribution >= 4 is 28.6 Å². The number of ether oxygens (including phenoxy) is 1. The van der Waals surface area contributed by atoms with Crippen LogP contribution >= 0.6 is 0 Å². The molecule has 0 saturated carbocycles. The van der Waals surface area contributed by atoms with E-state index in [2.05, 4.69) is 20.4 Å². The van der Waals surface area contributed by atoms with Gasteiger partial charge in [-0.15, -0.1) is 5.10 Å². The summed E-state index contributed by atoms with van der Waals surface area (Å²) in [5, 5.41) is 13.1. The van der Waals surface area contributed by atoms with Gasteiger partial charge < -0.3 is 15.0 Å². The molecule has 1 atom stereocenters. The van der Waals surface area contributed by atoms with Gasteiger partial charge in [0.15, 0.2) is 5.69 Å². The first kappa shape index (κ1) is 27.2. The van der Waals surface area contributed by atoms with Crippen molar-refractivity contribution in [3.8, 4) is 5.69 Å². The molecule has 0 spiro atoms. The maximum atomic E-state index is 13.3. The van der Waals surface area contributed by atoms with Crippen LogP contribution in [0.15, 0.2) is 54.6 Å². The minimum absolute atomic E-state index is 0.00756. The van der Waals surface area contributed by atoms with Crippen LogP contribution < -0.4 is 5.32 Å². The third-order valence-electron chi connectivity index (χ3n) is 7.06. The topological polar surface area (TPSA) is 118 Å². The monoisotopic (exact) mass is 542 g/mol. The summed E-state index contributed by atoms with van der Waals surface area (Å²) in [5.41, 5.74) is 2.59. The summed E-state index contributed by atoms with van der Waals surface area (Å²) >= 11 is 0. The summed E-state index contributed by atoms with van der Waals surface area (Å²) in [7, 11) is 1.39. The van der Waals surface area contributed by atoms with Crippen LogP contribution in [0.25, 0.3) is 16.6 Å². The lowest BCUT2D eigenvalue weighted by Crippen LogP contribution is -2.48. The standard InChI is InChI=1S/C29H34N8O3/c1-19(2)25(29(39)40-4)32-27-22-12-8-9-13-23(22)30-24(31-27)18-35-14-16-36(17-15-35)28(38)26-20(3)33-37(34-26)21-10-6-5-7-11-21/h5-13,19,25H,14-18H2,1-4H3,(H,30,31,32)/t25-/m0/s1. The van der Waals surface area contributed by atoms with Crippen LogP contribution in [-0.4, -0.2) is 86.0 Å². The largest absolute Gasteiger partial charge is 0.467 e. The van der Waals surface area contributed by atoms with Gasteiger partial charge in [-0.3, -0.25) is 9.69 Å². The Kier molecular flexibility index (Phi) is 8.01. The normalized spacial score (nSPS) is 14.9. The number of piperazine rings is 1. The number of hydrogen-bond donors (Lipinski definition) is 1. The fourth-order valence-electron chi connectivity index (χ4n) is 4.79. The molecule has 1 fully saturated rings. The summed E-state index contributed by atoms with van der Waals surface area (Å²) < 4.78 is 5.01. The van der Waals surface area contributed by atoms with Crippen molar-refractivity contribution in [2.75, 3.05) is 38.6 Å². The van der Waals surface area contributed by atoms with Crippen molar-refractivity contribution in [1.29, 1.82) is 0 Å². The maximum absolute atomic E-state index is 13.3. The lowest BCUT2D eigenvalue weighted by atomic mass is 10.0. The molecule has 208 valence electrons. The summed E-state index contributed by atoms with van der Waals surface area (Å²) in [6, 6.07) is 16.8. The molecular formula is C29H34N8O3. The number of para-hydroxylation sites is 2. The Labute approximate surface area is 233 Å². The number of methoxy groups -OCH3 is 1. The van der Waals surface area contributed by atoms with Crippen molar-refractivity contribution in [1.82, 2.24) is 34.8 Å². The van der Waals surface area contributed by atoms with E-state index in [0.717, 1.165) is 16.6 Å². The average Bonchev–Trinajstić information content (AvgIpc) is 3.37. The first-order chi connectivity index (χ1) is 19.3. The van der Waals surface area contributed by atoms with Crippen molar-refractivity contribution in [2.45, 2.75) is 33.4 Å².